The van der Waals surface area contributed by atoms with Gasteiger partial charge in [0.05, 0.1) is 31.5 Å². The molecule has 1 aliphatic rings. The van der Waals surface area contributed by atoms with Crippen molar-refractivity contribution < 1.29 is 9.53 Å². The van der Waals surface area contributed by atoms with Gasteiger partial charge < -0.3 is 15.0 Å². The van der Waals surface area contributed by atoms with Crippen LogP contribution in [0.15, 0.2) is 48.7 Å². The van der Waals surface area contributed by atoms with Gasteiger partial charge in [-0.25, -0.2) is 0 Å². The minimum Gasteiger partial charge on any atom is -0.378 e. The van der Waals surface area contributed by atoms with Gasteiger partial charge >= 0.3 is 0 Å². The zero-order valence-corrected chi connectivity index (χ0v) is 15.5. The van der Waals surface area contributed by atoms with Gasteiger partial charge in [-0.15, -0.1) is 0 Å². The van der Waals surface area contributed by atoms with E-state index in [-0.39, 0.29) is 5.91 Å². The van der Waals surface area contributed by atoms with E-state index in [1.807, 2.05) is 35.1 Å². The first-order chi connectivity index (χ1) is 13.2. The van der Waals surface area contributed by atoms with Crippen LogP contribution < -0.4 is 10.2 Å². The van der Waals surface area contributed by atoms with Gasteiger partial charge in [-0.05, 0) is 43.3 Å². The van der Waals surface area contributed by atoms with Crippen LogP contribution in [0.1, 0.15) is 12.0 Å². The monoisotopic (exact) mass is 364 g/mol. The van der Waals surface area contributed by atoms with E-state index >= 15 is 0 Å². The molecular formula is C21H24N4O2. The lowest BCUT2D eigenvalue weighted by molar-refractivity contribution is -0.116. The lowest BCUT2D eigenvalue weighted by atomic mass is 10.2. The maximum absolute atomic E-state index is 12.3. The Morgan fingerprint density at radius 2 is 1.93 bits per heavy atom. The standard InChI is InChI=1S/C21H24N4O2/c1-16-2-7-20-17(14-16)15-22-25(20)9-8-21(26)23-18-3-5-19(6-4-18)24-10-12-27-13-11-24/h2-7,14-15H,8-13H2,1H3,(H,23,26). The molecule has 6 heteroatoms. The average Bonchev–Trinajstić information content (AvgIpc) is 3.09. The lowest BCUT2D eigenvalue weighted by Crippen LogP contribution is -2.36. The van der Waals surface area contributed by atoms with Crippen LogP contribution in [0.25, 0.3) is 10.9 Å². The number of anilines is 2. The number of rotatable bonds is 5. The fraction of sp³-hybridized carbons (Fsp3) is 0.333. The average molecular weight is 364 g/mol. The molecule has 1 saturated heterocycles. The van der Waals surface area contributed by atoms with E-state index in [9.17, 15) is 4.79 Å². The lowest BCUT2D eigenvalue weighted by Gasteiger charge is -2.28. The van der Waals surface area contributed by atoms with Crippen LogP contribution in [-0.4, -0.2) is 42.0 Å². The second kappa shape index (κ2) is 7.80. The Labute approximate surface area is 158 Å². The summed E-state index contributed by atoms with van der Waals surface area (Å²) >= 11 is 0. The van der Waals surface area contributed by atoms with E-state index in [0.717, 1.165) is 48.6 Å². The predicted molar refractivity (Wildman–Crippen MR) is 107 cm³/mol. The van der Waals surface area contributed by atoms with Gasteiger partial charge in [0.1, 0.15) is 0 Å². The molecule has 1 amide bonds. The summed E-state index contributed by atoms with van der Waals surface area (Å²) in [6.45, 7) is 5.96. The van der Waals surface area contributed by atoms with Crippen molar-refractivity contribution in [2.24, 2.45) is 0 Å². The van der Waals surface area contributed by atoms with Gasteiger partial charge in [-0.3, -0.25) is 9.48 Å². The van der Waals surface area contributed by atoms with E-state index in [4.69, 9.17) is 4.74 Å². The number of nitrogens with zero attached hydrogens (tertiary/aromatic N) is 3. The number of ether oxygens (including phenoxy) is 1. The van der Waals surface area contributed by atoms with Gasteiger partial charge in [-0.2, -0.15) is 5.10 Å². The van der Waals surface area contributed by atoms with E-state index in [1.165, 1.54) is 5.56 Å². The third-order valence-electron chi connectivity index (χ3n) is 4.88. The molecule has 4 rings (SSSR count). The number of hydrogen-bond donors (Lipinski definition) is 1. The molecule has 1 fully saturated rings. The number of aromatic nitrogens is 2. The van der Waals surface area contributed by atoms with Crippen molar-refractivity contribution in [2.45, 2.75) is 19.9 Å². The summed E-state index contributed by atoms with van der Waals surface area (Å²) in [6, 6.07) is 14.2. The number of carbonyl (C=O) groups is 1. The maximum atomic E-state index is 12.3. The van der Waals surface area contributed by atoms with E-state index in [1.54, 1.807) is 0 Å². The van der Waals surface area contributed by atoms with Crippen molar-refractivity contribution in [1.29, 1.82) is 0 Å². The Morgan fingerprint density at radius 3 is 2.70 bits per heavy atom. The van der Waals surface area contributed by atoms with Gasteiger partial charge in [0, 0.05) is 36.3 Å². The maximum Gasteiger partial charge on any atom is 0.226 e. The number of benzene rings is 2. The third-order valence-corrected chi connectivity index (χ3v) is 4.88. The van der Waals surface area contributed by atoms with Crippen molar-refractivity contribution in [2.75, 3.05) is 36.5 Å². The van der Waals surface area contributed by atoms with Crippen LogP contribution in [0.5, 0.6) is 0 Å². The fourth-order valence-corrected chi connectivity index (χ4v) is 3.39. The number of carbonyl (C=O) groups excluding carboxylic acids is 1. The van der Waals surface area contributed by atoms with Crippen molar-refractivity contribution >= 4 is 28.2 Å². The Hall–Kier alpha value is -2.86. The molecule has 0 saturated carbocycles. The Kier molecular flexibility index (Phi) is 5.07. The molecule has 2 heterocycles. The summed E-state index contributed by atoms with van der Waals surface area (Å²) in [6.07, 6.45) is 2.24. The van der Waals surface area contributed by atoms with Gasteiger partial charge in [0.25, 0.3) is 0 Å². The summed E-state index contributed by atoms with van der Waals surface area (Å²) in [5, 5.41) is 8.47. The van der Waals surface area contributed by atoms with E-state index < -0.39 is 0 Å². The van der Waals surface area contributed by atoms with Crippen LogP contribution in [0, 0.1) is 6.92 Å². The summed E-state index contributed by atoms with van der Waals surface area (Å²) in [5.41, 5.74) is 4.25. The summed E-state index contributed by atoms with van der Waals surface area (Å²) in [5.74, 6) is -0.00937. The first kappa shape index (κ1) is 17.5. The number of amides is 1. The summed E-state index contributed by atoms with van der Waals surface area (Å²) in [7, 11) is 0. The molecule has 0 aliphatic carbocycles. The SMILES string of the molecule is Cc1ccc2c(cnn2CCC(=O)Nc2ccc(N3CCOCC3)cc2)c1. The largest absolute Gasteiger partial charge is 0.378 e. The highest BCUT2D eigenvalue weighted by Gasteiger charge is 2.11. The third kappa shape index (κ3) is 4.11. The molecule has 0 spiro atoms. The summed E-state index contributed by atoms with van der Waals surface area (Å²) < 4.78 is 7.27. The molecule has 1 N–H and O–H groups in total. The molecule has 6 nitrogen and oxygen atoms in total. The normalized spacial score (nSPS) is 14.5. The van der Waals surface area contributed by atoms with Crippen molar-refractivity contribution in [1.82, 2.24) is 9.78 Å². The minimum absolute atomic E-state index is 0.00937. The first-order valence-electron chi connectivity index (χ1n) is 9.34. The molecule has 140 valence electrons. The molecule has 0 bridgehead atoms. The van der Waals surface area contributed by atoms with Gasteiger partial charge in [0.2, 0.25) is 5.91 Å². The summed E-state index contributed by atoms with van der Waals surface area (Å²) in [4.78, 5) is 14.6. The number of fused-ring (bicyclic) bond motifs is 1. The molecule has 0 radical (unpaired) electrons. The minimum atomic E-state index is -0.00937. The molecule has 0 unspecified atom stereocenters. The van der Waals surface area contributed by atoms with E-state index in [2.05, 4.69) is 40.4 Å². The quantitative estimate of drug-likeness (QED) is 0.755. The van der Waals surface area contributed by atoms with Crippen LogP contribution in [0.4, 0.5) is 11.4 Å². The zero-order chi connectivity index (χ0) is 18.6. The molecule has 2 aromatic carbocycles. The first-order valence-corrected chi connectivity index (χ1v) is 9.34. The molecule has 0 atom stereocenters. The second-order valence-electron chi connectivity index (χ2n) is 6.87. The van der Waals surface area contributed by atoms with Crippen LogP contribution >= 0.6 is 0 Å². The van der Waals surface area contributed by atoms with Crippen molar-refractivity contribution in [3.63, 3.8) is 0 Å². The molecule has 1 aliphatic heterocycles. The van der Waals surface area contributed by atoms with Crippen LogP contribution in [0.3, 0.4) is 0 Å². The number of nitrogens with one attached hydrogen (secondary N) is 1. The molecule has 3 aromatic rings. The molecule has 27 heavy (non-hydrogen) atoms. The van der Waals surface area contributed by atoms with Crippen molar-refractivity contribution in [3.05, 3.63) is 54.2 Å². The van der Waals surface area contributed by atoms with Gasteiger partial charge in [-0.1, -0.05) is 11.6 Å². The van der Waals surface area contributed by atoms with Crippen molar-refractivity contribution in [3.8, 4) is 0 Å². The predicted octanol–water partition coefficient (Wildman–Crippen LogP) is 3.21. The topological polar surface area (TPSA) is 59.4 Å². The van der Waals surface area contributed by atoms with E-state index in [0.29, 0.717) is 13.0 Å². The Bertz CT molecular complexity index is 927. The van der Waals surface area contributed by atoms with Crippen LogP contribution in [-0.2, 0) is 16.1 Å². The molecular weight excluding hydrogens is 340 g/mol. The highest BCUT2D eigenvalue weighted by molar-refractivity contribution is 5.91. The smallest absolute Gasteiger partial charge is 0.226 e. The highest BCUT2D eigenvalue weighted by atomic mass is 16.5. The van der Waals surface area contributed by atoms with Gasteiger partial charge in [0.15, 0.2) is 0 Å². The highest BCUT2D eigenvalue weighted by Crippen LogP contribution is 2.19. The Morgan fingerprint density at radius 1 is 1.15 bits per heavy atom. The second-order valence-corrected chi connectivity index (χ2v) is 6.87. The number of morpholine rings is 1. The fourth-order valence-electron chi connectivity index (χ4n) is 3.39. The van der Waals surface area contributed by atoms with Crippen LogP contribution in [0.2, 0.25) is 0 Å². The Balaban J connectivity index is 1.33. The number of aryl methyl sites for hydroxylation is 2. The number of hydrogen-bond acceptors (Lipinski definition) is 4. The zero-order valence-electron chi connectivity index (χ0n) is 15.5. The molecule has 1 aromatic heterocycles.